The van der Waals surface area contributed by atoms with E-state index in [-0.39, 0.29) is 5.92 Å². The predicted molar refractivity (Wildman–Crippen MR) is 111 cm³/mol. The Morgan fingerprint density at radius 1 is 0.829 bits per heavy atom. The largest absolute Gasteiger partial charge is 0.429 e. The molecule has 0 N–H and O–H groups in total. The summed E-state index contributed by atoms with van der Waals surface area (Å²) in [6, 6.07) is 6.40. The fraction of sp³-hybridized carbons (Fsp3) is 0.200. The number of alkyl halides is 2. The third kappa shape index (κ3) is 5.18. The van der Waals surface area contributed by atoms with Gasteiger partial charge >= 0.3 is 6.11 Å². The van der Waals surface area contributed by atoms with Crippen LogP contribution >= 0.6 is 0 Å². The first kappa shape index (κ1) is 24.7. The smallest absolute Gasteiger partial charge is 0.426 e. The van der Waals surface area contributed by atoms with Crippen molar-refractivity contribution in [2.24, 2.45) is 5.92 Å². The Hall–Kier alpha value is -3.37. The van der Waals surface area contributed by atoms with Crippen molar-refractivity contribution in [2.45, 2.75) is 12.4 Å². The van der Waals surface area contributed by atoms with E-state index in [1.54, 1.807) is 6.08 Å². The minimum absolute atomic E-state index is 0.0246. The van der Waals surface area contributed by atoms with E-state index in [4.69, 9.17) is 9.47 Å². The molecular weight excluding hydrogens is 481 g/mol. The van der Waals surface area contributed by atoms with Crippen molar-refractivity contribution in [2.75, 3.05) is 13.2 Å². The van der Waals surface area contributed by atoms with E-state index in [1.807, 2.05) is 0 Å². The lowest BCUT2D eigenvalue weighted by Crippen LogP contribution is -2.26. The summed E-state index contributed by atoms with van der Waals surface area (Å²) in [5.41, 5.74) is -1.73. The number of rotatable bonds is 6. The number of ether oxygens (including phenoxy) is 3. The molecule has 35 heavy (non-hydrogen) atoms. The molecule has 0 saturated carbocycles. The summed E-state index contributed by atoms with van der Waals surface area (Å²) in [4.78, 5) is 0. The van der Waals surface area contributed by atoms with Crippen molar-refractivity contribution in [3.05, 3.63) is 101 Å². The van der Waals surface area contributed by atoms with Gasteiger partial charge in [-0.05, 0) is 29.8 Å². The first-order valence-corrected chi connectivity index (χ1v) is 10.3. The van der Waals surface area contributed by atoms with E-state index < -0.39 is 63.9 Å². The zero-order chi connectivity index (χ0) is 25.3. The second kappa shape index (κ2) is 9.71. The van der Waals surface area contributed by atoms with Crippen LogP contribution in [0.2, 0.25) is 0 Å². The topological polar surface area (TPSA) is 27.7 Å². The van der Waals surface area contributed by atoms with E-state index in [0.717, 1.165) is 12.1 Å². The maximum absolute atomic E-state index is 14.7. The fourth-order valence-corrected chi connectivity index (χ4v) is 3.47. The van der Waals surface area contributed by atoms with Gasteiger partial charge in [0.2, 0.25) is 0 Å². The minimum atomic E-state index is -3.99. The summed E-state index contributed by atoms with van der Waals surface area (Å²) >= 11 is 0. The van der Waals surface area contributed by atoms with Crippen LogP contribution in [0.5, 0.6) is 5.75 Å². The van der Waals surface area contributed by atoms with Gasteiger partial charge in [-0.25, -0.2) is 22.0 Å². The van der Waals surface area contributed by atoms with Crippen LogP contribution in [0.3, 0.4) is 0 Å². The summed E-state index contributed by atoms with van der Waals surface area (Å²) in [5.74, 6) is -8.89. The summed E-state index contributed by atoms with van der Waals surface area (Å²) in [7, 11) is 0. The van der Waals surface area contributed by atoms with E-state index in [2.05, 4.69) is 11.3 Å². The van der Waals surface area contributed by atoms with Crippen LogP contribution in [0.4, 0.5) is 30.7 Å². The zero-order valence-electron chi connectivity index (χ0n) is 17.8. The Morgan fingerprint density at radius 2 is 1.37 bits per heavy atom. The molecule has 0 amide bonds. The molecule has 1 saturated heterocycles. The molecule has 1 fully saturated rings. The van der Waals surface area contributed by atoms with Crippen LogP contribution in [-0.2, 0) is 15.6 Å². The highest BCUT2D eigenvalue weighted by Crippen LogP contribution is 2.37. The minimum Gasteiger partial charge on any atom is -0.429 e. The van der Waals surface area contributed by atoms with Crippen molar-refractivity contribution >= 4 is 0 Å². The Morgan fingerprint density at radius 3 is 1.89 bits per heavy atom. The molecule has 1 aliphatic heterocycles. The summed E-state index contributed by atoms with van der Waals surface area (Å²) < 4.78 is 114. The first-order valence-electron chi connectivity index (χ1n) is 10.3. The van der Waals surface area contributed by atoms with Gasteiger partial charge in [0, 0.05) is 23.6 Å². The molecule has 3 aromatic rings. The molecule has 0 aliphatic carbocycles. The normalized spacial score (nSPS) is 18.4. The molecule has 1 aliphatic rings. The summed E-state index contributed by atoms with van der Waals surface area (Å²) in [6.45, 7) is 4.37. The average molecular weight is 498 g/mol. The molecule has 0 aromatic heterocycles. The first-order chi connectivity index (χ1) is 16.6. The van der Waals surface area contributed by atoms with E-state index >= 15 is 0 Å². The molecule has 3 nitrogen and oxygen atoms in total. The van der Waals surface area contributed by atoms with Crippen molar-refractivity contribution in [3.63, 3.8) is 0 Å². The van der Waals surface area contributed by atoms with Crippen LogP contribution in [0, 0.1) is 35.0 Å². The van der Waals surface area contributed by atoms with Crippen molar-refractivity contribution in [1.82, 2.24) is 0 Å². The lowest BCUT2D eigenvalue weighted by atomic mass is 10.0. The molecule has 4 rings (SSSR count). The van der Waals surface area contributed by atoms with Gasteiger partial charge in [-0.2, -0.15) is 8.78 Å². The van der Waals surface area contributed by atoms with Gasteiger partial charge in [-0.15, -0.1) is 6.58 Å². The van der Waals surface area contributed by atoms with Crippen molar-refractivity contribution < 1.29 is 44.9 Å². The molecule has 1 heterocycles. The van der Waals surface area contributed by atoms with Gasteiger partial charge < -0.3 is 14.2 Å². The molecule has 0 bridgehead atoms. The van der Waals surface area contributed by atoms with E-state index in [9.17, 15) is 30.7 Å². The van der Waals surface area contributed by atoms with Gasteiger partial charge in [-0.3, -0.25) is 0 Å². The Labute approximate surface area is 195 Å². The number of benzene rings is 3. The van der Waals surface area contributed by atoms with Crippen LogP contribution < -0.4 is 4.74 Å². The zero-order valence-corrected chi connectivity index (χ0v) is 17.8. The van der Waals surface area contributed by atoms with Gasteiger partial charge in [0.1, 0.15) is 17.4 Å². The SMILES string of the molecule is C=CC1COC(c2ccc(C(F)(F)Oc3cc(F)c(-c4cc(F)c(F)c(F)c4)c(F)c3)cc2)OC1. The highest BCUT2D eigenvalue weighted by atomic mass is 19.3. The van der Waals surface area contributed by atoms with Gasteiger partial charge in [0.25, 0.3) is 0 Å². The average Bonchev–Trinajstić information content (AvgIpc) is 2.82. The molecule has 0 radical (unpaired) electrons. The van der Waals surface area contributed by atoms with Crippen molar-refractivity contribution in [3.8, 4) is 16.9 Å². The third-order valence-corrected chi connectivity index (χ3v) is 5.31. The van der Waals surface area contributed by atoms with E-state index in [0.29, 0.717) is 43.0 Å². The highest BCUT2D eigenvalue weighted by Gasteiger charge is 2.35. The summed E-state index contributed by atoms with van der Waals surface area (Å²) in [5, 5.41) is 0. The molecule has 10 heteroatoms. The number of halogens is 7. The Kier molecular flexibility index (Phi) is 6.86. The highest BCUT2D eigenvalue weighted by molar-refractivity contribution is 5.66. The quantitative estimate of drug-likeness (QED) is 0.208. The predicted octanol–water partition coefficient (Wildman–Crippen LogP) is 7.03. The van der Waals surface area contributed by atoms with Crippen LogP contribution in [0.1, 0.15) is 17.4 Å². The Balaban J connectivity index is 1.53. The molecule has 0 unspecified atom stereocenters. The Bertz CT molecular complexity index is 1190. The third-order valence-electron chi connectivity index (χ3n) is 5.31. The number of hydrogen-bond acceptors (Lipinski definition) is 3. The second-order valence-corrected chi connectivity index (χ2v) is 7.75. The molecule has 184 valence electrons. The maximum Gasteiger partial charge on any atom is 0.426 e. The van der Waals surface area contributed by atoms with Gasteiger partial charge in [-0.1, -0.05) is 18.2 Å². The molecule has 0 spiro atoms. The standard InChI is InChI=1S/C25H17F7O3/c1-2-13-11-33-24(34-12-13)14-3-5-16(6-4-14)25(31,32)35-17-9-18(26)22(19(27)10-17)15-7-20(28)23(30)21(29)8-15/h2-10,13,24H,1,11-12H2. The van der Waals surface area contributed by atoms with Crippen LogP contribution in [-0.4, -0.2) is 13.2 Å². The molecule has 3 aromatic carbocycles. The van der Waals surface area contributed by atoms with Crippen molar-refractivity contribution in [1.29, 1.82) is 0 Å². The lowest BCUT2D eigenvalue weighted by molar-refractivity contribution is -0.198. The molecule has 0 atom stereocenters. The maximum atomic E-state index is 14.7. The summed E-state index contributed by atoms with van der Waals surface area (Å²) in [6.07, 6.45) is -3.05. The van der Waals surface area contributed by atoms with Gasteiger partial charge in [0.05, 0.1) is 24.3 Å². The van der Waals surface area contributed by atoms with E-state index in [1.165, 1.54) is 12.1 Å². The van der Waals surface area contributed by atoms with Crippen LogP contribution in [0.15, 0.2) is 61.2 Å². The second-order valence-electron chi connectivity index (χ2n) is 7.75. The van der Waals surface area contributed by atoms with Gasteiger partial charge in [0.15, 0.2) is 23.7 Å². The van der Waals surface area contributed by atoms with Crippen LogP contribution in [0.25, 0.3) is 11.1 Å². The fourth-order valence-electron chi connectivity index (χ4n) is 3.47. The molecular formula is C25H17F7O3. The monoisotopic (exact) mass is 498 g/mol. The number of hydrogen-bond donors (Lipinski definition) is 0. The lowest BCUT2D eigenvalue weighted by Gasteiger charge is -2.28.